The molecule has 0 aromatic heterocycles. The van der Waals surface area contributed by atoms with Gasteiger partial charge in [-0.25, -0.2) is 0 Å². The second kappa shape index (κ2) is 6.83. The van der Waals surface area contributed by atoms with Gasteiger partial charge in [0.05, 0.1) is 5.60 Å². The molecule has 0 aliphatic carbocycles. The van der Waals surface area contributed by atoms with Gasteiger partial charge in [0, 0.05) is 26.1 Å². The first kappa shape index (κ1) is 13.4. The summed E-state index contributed by atoms with van der Waals surface area (Å²) in [5.74, 6) is 5.81. The van der Waals surface area contributed by atoms with Crippen LogP contribution in [0, 0.1) is 11.8 Å². The molecule has 0 aromatic carbocycles. The topological polar surface area (TPSA) is 35.5 Å². The van der Waals surface area contributed by atoms with E-state index in [1.807, 2.05) is 32.8 Å². The molecule has 0 aliphatic heterocycles. The third-order valence-electron chi connectivity index (χ3n) is 1.77. The van der Waals surface area contributed by atoms with Gasteiger partial charge in [-0.3, -0.25) is 0 Å². The van der Waals surface area contributed by atoms with Gasteiger partial charge in [0.25, 0.3) is 0 Å². The van der Waals surface area contributed by atoms with Gasteiger partial charge in [-0.2, -0.15) is 0 Å². The lowest BCUT2D eigenvalue weighted by atomic mass is 10.1. The molecule has 0 aromatic rings. The van der Waals surface area contributed by atoms with E-state index < -0.39 is 5.60 Å². The third kappa shape index (κ3) is 8.06. The monoisotopic (exact) mass is 198 g/mol. The van der Waals surface area contributed by atoms with E-state index in [0.29, 0.717) is 13.1 Å². The zero-order valence-electron chi connectivity index (χ0n) is 9.72. The van der Waals surface area contributed by atoms with E-state index in [4.69, 9.17) is 0 Å². The highest BCUT2D eigenvalue weighted by Crippen LogP contribution is 2.02. The summed E-state index contributed by atoms with van der Waals surface area (Å²) < 4.78 is 0. The van der Waals surface area contributed by atoms with Crippen LogP contribution in [0.4, 0.5) is 0 Å². The first-order valence-electron chi connectivity index (χ1n) is 4.95. The number of nitrogens with one attached hydrogen (secondary N) is 1. The molecule has 3 heteroatoms. The van der Waals surface area contributed by atoms with E-state index in [-0.39, 0.29) is 0 Å². The van der Waals surface area contributed by atoms with Crippen molar-refractivity contribution in [2.45, 2.75) is 25.9 Å². The molecule has 2 N–H and O–H groups in total. The van der Waals surface area contributed by atoms with Gasteiger partial charge in [-0.15, -0.1) is 11.8 Å². The fourth-order valence-electron chi connectivity index (χ4n) is 1.37. The summed E-state index contributed by atoms with van der Waals surface area (Å²) in [4.78, 5) is 1.98. The van der Waals surface area contributed by atoms with Crippen molar-refractivity contribution in [3.8, 4) is 11.8 Å². The Morgan fingerprint density at radius 3 is 2.57 bits per heavy atom. The first-order chi connectivity index (χ1) is 6.48. The Morgan fingerprint density at radius 1 is 1.43 bits per heavy atom. The lowest BCUT2D eigenvalue weighted by Crippen LogP contribution is -2.45. The van der Waals surface area contributed by atoms with E-state index in [2.05, 4.69) is 17.2 Å². The van der Waals surface area contributed by atoms with Crippen LogP contribution >= 0.6 is 0 Å². The molecule has 0 radical (unpaired) electrons. The van der Waals surface area contributed by atoms with Crippen molar-refractivity contribution in [2.24, 2.45) is 0 Å². The highest BCUT2D eigenvalue weighted by atomic mass is 16.3. The summed E-state index contributed by atoms with van der Waals surface area (Å²) in [7, 11) is 3.91. The molecular weight excluding hydrogens is 176 g/mol. The highest BCUT2D eigenvalue weighted by Gasteiger charge is 2.20. The molecule has 82 valence electrons. The van der Waals surface area contributed by atoms with E-state index in [0.717, 1.165) is 13.0 Å². The molecule has 0 amide bonds. The smallest absolute Gasteiger partial charge is 0.0869 e. The summed E-state index contributed by atoms with van der Waals surface area (Å²) in [6, 6.07) is 0. The minimum Gasteiger partial charge on any atom is -0.388 e. The maximum Gasteiger partial charge on any atom is 0.0869 e. The van der Waals surface area contributed by atoms with Crippen LogP contribution in [0.15, 0.2) is 0 Å². The van der Waals surface area contributed by atoms with E-state index >= 15 is 0 Å². The molecule has 0 heterocycles. The Hall–Kier alpha value is -0.560. The maximum atomic E-state index is 9.90. The summed E-state index contributed by atoms with van der Waals surface area (Å²) >= 11 is 0. The van der Waals surface area contributed by atoms with Gasteiger partial charge in [0.1, 0.15) is 0 Å². The minimum absolute atomic E-state index is 0.608. The molecule has 1 atom stereocenters. The SMILES string of the molecule is CC#CCCNCC(C)(O)CN(C)C. The van der Waals surface area contributed by atoms with Crippen molar-refractivity contribution >= 4 is 0 Å². The number of nitrogens with zero attached hydrogens (tertiary/aromatic N) is 1. The van der Waals surface area contributed by atoms with Gasteiger partial charge < -0.3 is 15.3 Å². The first-order valence-corrected chi connectivity index (χ1v) is 4.95. The van der Waals surface area contributed by atoms with Crippen molar-refractivity contribution in [1.82, 2.24) is 10.2 Å². The fraction of sp³-hybridized carbons (Fsp3) is 0.818. The van der Waals surface area contributed by atoms with E-state index in [1.165, 1.54) is 0 Å². The van der Waals surface area contributed by atoms with E-state index in [1.54, 1.807) is 0 Å². The average Bonchev–Trinajstić information content (AvgIpc) is 2.01. The van der Waals surface area contributed by atoms with E-state index in [9.17, 15) is 5.11 Å². The number of aliphatic hydroxyl groups is 1. The van der Waals surface area contributed by atoms with Crippen molar-refractivity contribution in [2.75, 3.05) is 33.7 Å². The normalized spacial score (nSPS) is 14.7. The molecular formula is C11H22N2O. The molecule has 0 spiro atoms. The standard InChI is InChI=1S/C11H22N2O/c1-5-6-7-8-12-9-11(2,14)10-13(3)4/h12,14H,7-10H2,1-4H3. The Balaban J connectivity index is 3.58. The molecule has 0 fully saturated rings. The summed E-state index contributed by atoms with van der Waals surface area (Å²) in [6.07, 6.45) is 0.842. The second-order valence-corrected chi connectivity index (χ2v) is 4.09. The Morgan fingerprint density at radius 2 is 2.07 bits per heavy atom. The molecule has 3 nitrogen and oxygen atoms in total. The van der Waals surface area contributed by atoms with Crippen molar-refractivity contribution < 1.29 is 5.11 Å². The lowest BCUT2D eigenvalue weighted by molar-refractivity contribution is 0.0342. The lowest BCUT2D eigenvalue weighted by Gasteiger charge is -2.27. The number of hydrogen-bond donors (Lipinski definition) is 2. The molecule has 0 saturated carbocycles. The fourth-order valence-corrected chi connectivity index (χ4v) is 1.37. The zero-order valence-corrected chi connectivity index (χ0v) is 9.72. The number of likely N-dealkylation sites (N-methyl/N-ethyl adjacent to an activating group) is 1. The van der Waals surface area contributed by atoms with Crippen LogP contribution in [0.1, 0.15) is 20.3 Å². The zero-order chi connectivity index (χ0) is 11.0. The maximum absolute atomic E-state index is 9.90. The van der Waals surface area contributed by atoms with Crippen LogP contribution in [0.3, 0.4) is 0 Å². The Labute approximate surface area is 87.5 Å². The van der Waals surface area contributed by atoms with Gasteiger partial charge in [0.15, 0.2) is 0 Å². The molecule has 0 bridgehead atoms. The summed E-state index contributed by atoms with van der Waals surface area (Å²) in [5.41, 5.74) is -0.664. The van der Waals surface area contributed by atoms with Crippen LogP contribution in [0.5, 0.6) is 0 Å². The van der Waals surface area contributed by atoms with Crippen molar-refractivity contribution in [1.29, 1.82) is 0 Å². The van der Waals surface area contributed by atoms with Gasteiger partial charge in [-0.05, 0) is 27.9 Å². The van der Waals surface area contributed by atoms with Crippen LogP contribution in [-0.2, 0) is 0 Å². The third-order valence-corrected chi connectivity index (χ3v) is 1.77. The largest absolute Gasteiger partial charge is 0.388 e. The predicted octanol–water partition coefficient (Wildman–Crippen LogP) is 0.302. The van der Waals surface area contributed by atoms with Crippen molar-refractivity contribution in [3.05, 3.63) is 0 Å². The Kier molecular flexibility index (Phi) is 6.56. The van der Waals surface area contributed by atoms with Crippen molar-refractivity contribution in [3.63, 3.8) is 0 Å². The van der Waals surface area contributed by atoms with Gasteiger partial charge in [0.2, 0.25) is 0 Å². The minimum atomic E-state index is -0.664. The number of rotatable bonds is 6. The van der Waals surface area contributed by atoms with Crippen LogP contribution in [-0.4, -0.2) is 49.3 Å². The van der Waals surface area contributed by atoms with Crippen LogP contribution in [0.2, 0.25) is 0 Å². The summed E-state index contributed by atoms with van der Waals surface area (Å²) in [6.45, 7) is 5.79. The molecule has 0 saturated heterocycles. The number of hydrogen-bond acceptors (Lipinski definition) is 3. The second-order valence-electron chi connectivity index (χ2n) is 4.09. The highest BCUT2D eigenvalue weighted by molar-refractivity contribution is 4.95. The quantitative estimate of drug-likeness (QED) is 0.476. The summed E-state index contributed by atoms with van der Waals surface area (Å²) in [5, 5.41) is 13.1. The van der Waals surface area contributed by atoms with Gasteiger partial charge >= 0.3 is 0 Å². The molecule has 0 aliphatic rings. The van der Waals surface area contributed by atoms with Gasteiger partial charge in [-0.1, -0.05) is 0 Å². The predicted molar refractivity (Wildman–Crippen MR) is 60.1 cm³/mol. The average molecular weight is 198 g/mol. The van der Waals surface area contributed by atoms with Crippen LogP contribution in [0.25, 0.3) is 0 Å². The molecule has 1 unspecified atom stereocenters. The molecule has 0 rings (SSSR count). The Bertz CT molecular complexity index is 201. The van der Waals surface area contributed by atoms with Crippen LogP contribution < -0.4 is 5.32 Å². The molecule has 14 heavy (non-hydrogen) atoms.